The summed E-state index contributed by atoms with van der Waals surface area (Å²) in [6.45, 7) is 7.22. The van der Waals surface area contributed by atoms with E-state index in [0.717, 1.165) is 0 Å². The van der Waals surface area contributed by atoms with Crippen molar-refractivity contribution in [3.8, 4) is 0 Å². The molecule has 12 nitrogen and oxygen atoms in total. The van der Waals surface area contributed by atoms with Crippen LogP contribution in [0.2, 0.25) is 0 Å². The summed E-state index contributed by atoms with van der Waals surface area (Å²) in [5.74, 6) is -6.12. The highest BCUT2D eigenvalue weighted by Gasteiger charge is 2.42. The number of aliphatic hydroxyl groups is 2. The van der Waals surface area contributed by atoms with Crippen molar-refractivity contribution in [2.45, 2.75) is 89.9 Å². The molecule has 0 saturated carbocycles. The molecule has 0 radical (unpaired) electrons. The molecule has 0 unspecified atom stereocenters. The van der Waals surface area contributed by atoms with E-state index in [9.17, 15) is 29.4 Å². The van der Waals surface area contributed by atoms with Gasteiger partial charge < -0.3 is 36.6 Å². The molecule has 0 aromatic carbocycles. The first-order chi connectivity index (χ1) is 15.2. The summed E-state index contributed by atoms with van der Waals surface area (Å²) < 4.78 is 0. The Morgan fingerprint density at radius 2 is 1.76 bits per heavy atom. The van der Waals surface area contributed by atoms with Crippen LogP contribution in [0.25, 0.3) is 0 Å². The lowest BCUT2D eigenvalue weighted by Crippen LogP contribution is -2.64. The van der Waals surface area contributed by atoms with E-state index in [4.69, 9.17) is 16.6 Å². The maximum atomic E-state index is 13.2. The molecule has 1 aliphatic rings. The van der Waals surface area contributed by atoms with Crippen LogP contribution in [-0.2, 0) is 19.2 Å². The minimum atomic E-state index is -2.65. The number of carbonyl (C=O) groups is 4. The van der Waals surface area contributed by atoms with Crippen molar-refractivity contribution in [3.05, 3.63) is 0 Å². The molecule has 0 bridgehead atoms. The lowest BCUT2D eigenvalue weighted by molar-refractivity contribution is -0.190. The fraction of sp³-hybridized carbons (Fsp3) is 0.810. The standard InChI is InChI=1S/C21H39N5O7/c1-5-12(4)17(21(23,32)33)25-18(29)14-7-6-10-26(14)20(31)13(8-9-15(27)28)24-19(30)16(22)11(2)3/h11-14,16-17,32-33H,5-10,22-23H2,1-4H3,(H,24,30)(H,25,29)(H,27,28)/t12-,13-,14-,16-,17-/m0/s1. The van der Waals surface area contributed by atoms with Crippen molar-refractivity contribution in [3.63, 3.8) is 0 Å². The van der Waals surface area contributed by atoms with Gasteiger partial charge in [0.15, 0.2) is 0 Å². The molecule has 1 saturated heterocycles. The normalized spacial score (nSPS) is 20.2. The SMILES string of the molecule is CC[C@H](C)[C@H](NC(=O)[C@@H]1CCCN1C(=O)[C@H](CCC(=O)O)NC(=O)[C@@H](N)C(C)C)C(N)(O)O. The highest BCUT2D eigenvalue weighted by atomic mass is 16.5. The Morgan fingerprint density at radius 3 is 2.24 bits per heavy atom. The molecule has 1 heterocycles. The van der Waals surface area contributed by atoms with Gasteiger partial charge in [0, 0.05) is 13.0 Å². The van der Waals surface area contributed by atoms with Gasteiger partial charge in [0.1, 0.15) is 12.1 Å². The van der Waals surface area contributed by atoms with Crippen LogP contribution in [0.5, 0.6) is 0 Å². The van der Waals surface area contributed by atoms with E-state index >= 15 is 0 Å². The number of amides is 3. The Hall–Kier alpha value is -2.28. The molecule has 0 aliphatic carbocycles. The summed E-state index contributed by atoms with van der Waals surface area (Å²) in [4.78, 5) is 51.0. The average molecular weight is 474 g/mol. The quantitative estimate of drug-likeness (QED) is 0.163. The number of nitrogens with two attached hydrogens (primary N) is 2. The number of aliphatic carboxylic acids is 1. The zero-order valence-electron chi connectivity index (χ0n) is 19.8. The summed E-state index contributed by atoms with van der Waals surface area (Å²) in [7, 11) is 0. The molecule has 190 valence electrons. The topological polar surface area (TPSA) is 208 Å². The maximum absolute atomic E-state index is 13.2. The zero-order chi connectivity index (χ0) is 25.5. The third-order valence-corrected chi connectivity index (χ3v) is 6.09. The van der Waals surface area contributed by atoms with Crippen molar-refractivity contribution in [2.75, 3.05) is 6.54 Å². The average Bonchev–Trinajstić information content (AvgIpc) is 3.21. The third kappa shape index (κ3) is 8.22. The highest BCUT2D eigenvalue weighted by molar-refractivity contribution is 5.93. The molecular formula is C21H39N5O7. The molecule has 0 aromatic rings. The largest absolute Gasteiger partial charge is 0.481 e. The Labute approximate surface area is 194 Å². The van der Waals surface area contributed by atoms with E-state index in [1.807, 2.05) is 0 Å². The lowest BCUT2D eigenvalue weighted by atomic mass is 9.95. The second-order valence-corrected chi connectivity index (χ2v) is 9.11. The monoisotopic (exact) mass is 473 g/mol. The fourth-order valence-electron chi connectivity index (χ4n) is 3.75. The fourth-order valence-corrected chi connectivity index (χ4v) is 3.75. The first-order valence-electron chi connectivity index (χ1n) is 11.3. The second-order valence-electron chi connectivity index (χ2n) is 9.11. The molecule has 9 N–H and O–H groups in total. The van der Waals surface area contributed by atoms with Gasteiger partial charge in [-0.1, -0.05) is 34.1 Å². The number of hydrogen-bond acceptors (Lipinski definition) is 8. The predicted octanol–water partition coefficient (Wildman–Crippen LogP) is -1.56. The number of carboxylic acid groups (broad SMARTS) is 1. The minimum Gasteiger partial charge on any atom is -0.481 e. The summed E-state index contributed by atoms with van der Waals surface area (Å²) in [6.07, 6.45) is 0.820. The number of nitrogens with zero attached hydrogens (tertiary/aromatic N) is 1. The van der Waals surface area contributed by atoms with E-state index in [2.05, 4.69) is 10.6 Å². The van der Waals surface area contributed by atoms with Crippen LogP contribution >= 0.6 is 0 Å². The van der Waals surface area contributed by atoms with Gasteiger partial charge in [0.25, 0.3) is 0 Å². The van der Waals surface area contributed by atoms with E-state index in [0.29, 0.717) is 19.3 Å². The molecule has 3 amide bonds. The van der Waals surface area contributed by atoms with Gasteiger partial charge in [-0.15, -0.1) is 0 Å². The highest BCUT2D eigenvalue weighted by Crippen LogP contribution is 2.22. The van der Waals surface area contributed by atoms with Crippen LogP contribution in [0.4, 0.5) is 0 Å². The third-order valence-electron chi connectivity index (χ3n) is 6.09. The Bertz CT molecular complexity index is 710. The molecule has 1 fully saturated rings. The minimum absolute atomic E-state index is 0.162. The van der Waals surface area contributed by atoms with Crippen molar-refractivity contribution in [1.82, 2.24) is 15.5 Å². The Balaban J connectivity index is 3.05. The smallest absolute Gasteiger partial charge is 0.303 e. The van der Waals surface area contributed by atoms with Gasteiger partial charge in [0.2, 0.25) is 23.6 Å². The molecule has 0 aromatic heterocycles. The van der Waals surface area contributed by atoms with Crippen molar-refractivity contribution in [1.29, 1.82) is 0 Å². The van der Waals surface area contributed by atoms with Gasteiger partial charge in [-0.2, -0.15) is 0 Å². The van der Waals surface area contributed by atoms with Crippen molar-refractivity contribution < 1.29 is 34.5 Å². The summed E-state index contributed by atoms with van der Waals surface area (Å²) >= 11 is 0. The lowest BCUT2D eigenvalue weighted by Gasteiger charge is -2.35. The number of hydrogen-bond donors (Lipinski definition) is 7. The Morgan fingerprint density at radius 1 is 1.15 bits per heavy atom. The predicted molar refractivity (Wildman–Crippen MR) is 119 cm³/mol. The maximum Gasteiger partial charge on any atom is 0.303 e. The van der Waals surface area contributed by atoms with Gasteiger partial charge in [-0.3, -0.25) is 24.9 Å². The molecule has 5 atom stereocenters. The van der Waals surface area contributed by atoms with Crippen molar-refractivity contribution in [2.24, 2.45) is 23.3 Å². The molecule has 33 heavy (non-hydrogen) atoms. The van der Waals surface area contributed by atoms with E-state index in [-0.39, 0.29) is 31.2 Å². The van der Waals surface area contributed by atoms with Crippen LogP contribution in [0.3, 0.4) is 0 Å². The Kier molecular flexibility index (Phi) is 10.7. The van der Waals surface area contributed by atoms with E-state index in [1.54, 1.807) is 27.7 Å². The van der Waals surface area contributed by atoms with Crippen LogP contribution in [-0.4, -0.2) is 80.5 Å². The molecule has 1 aliphatic heterocycles. The van der Waals surface area contributed by atoms with Crippen molar-refractivity contribution >= 4 is 23.7 Å². The molecule has 0 spiro atoms. The van der Waals surface area contributed by atoms with Crippen LogP contribution in [0, 0.1) is 11.8 Å². The number of carbonyl (C=O) groups excluding carboxylic acids is 3. The summed E-state index contributed by atoms with van der Waals surface area (Å²) in [6, 6.07) is -4.14. The van der Waals surface area contributed by atoms with Crippen LogP contribution < -0.4 is 22.1 Å². The number of rotatable bonds is 12. The van der Waals surface area contributed by atoms with Gasteiger partial charge in [-0.05, 0) is 31.1 Å². The van der Waals surface area contributed by atoms with Gasteiger partial charge in [0.05, 0.1) is 12.1 Å². The molecular weight excluding hydrogens is 434 g/mol. The number of nitrogens with one attached hydrogen (secondary N) is 2. The van der Waals surface area contributed by atoms with Gasteiger partial charge >= 0.3 is 5.97 Å². The van der Waals surface area contributed by atoms with E-state index < -0.39 is 53.8 Å². The van der Waals surface area contributed by atoms with Crippen LogP contribution in [0.15, 0.2) is 0 Å². The zero-order valence-corrected chi connectivity index (χ0v) is 19.8. The first-order valence-corrected chi connectivity index (χ1v) is 11.3. The molecule has 12 heteroatoms. The van der Waals surface area contributed by atoms with E-state index in [1.165, 1.54) is 4.90 Å². The second kappa shape index (κ2) is 12.3. The summed E-state index contributed by atoms with van der Waals surface area (Å²) in [5, 5.41) is 33.9. The first kappa shape index (κ1) is 28.8. The summed E-state index contributed by atoms with van der Waals surface area (Å²) in [5.41, 5.74) is 11.3. The van der Waals surface area contributed by atoms with Crippen LogP contribution in [0.1, 0.15) is 59.8 Å². The number of likely N-dealkylation sites (tertiary alicyclic amines) is 1. The molecule has 1 rings (SSSR count). The number of carboxylic acids is 1. The van der Waals surface area contributed by atoms with Gasteiger partial charge in [-0.25, -0.2) is 0 Å².